The van der Waals surface area contributed by atoms with Gasteiger partial charge in [-0.2, -0.15) is 9.98 Å². The van der Waals surface area contributed by atoms with E-state index in [4.69, 9.17) is 19.5 Å². The molecule has 0 radical (unpaired) electrons. The third-order valence-electron chi connectivity index (χ3n) is 4.70. The Kier molecular flexibility index (Phi) is 4.05. The molecule has 0 aliphatic carbocycles. The smallest absolute Gasteiger partial charge is 0.241 e. The first kappa shape index (κ1) is 17.1. The summed E-state index contributed by atoms with van der Waals surface area (Å²) < 4.78 is 10.5. The van der Waals surface area contributed by atoms with Gasteiger partial charge in [0.25, 0.3) is 0 Å². The van der Waals surface area contributed by atoms with Crippen LogP contribution in [0.2, 0.25) is 0 Å². The molecule has 3 aliphatic heterocycles. The number of hydrogen-bond donors (Lipinski definition) is 0. The molecule has 0 spiro atoms. The fourth-order valence-electron chi connectivity index (χ4n) is 3.19. The number of nitrogens with zero attached hydrogens (tertiary/aromatic N) is 5. The van der Waals surface area contributed by atoms with Crippen molar-refractivity contribution in [3.8, 4) is 11.5 Å². The van der Waals surface area contributed by atoms with Crippen LogP contribution < -0.4 is 9.47 Å². The molecule has 3 heterocycles. The molecule has 0 saturated heterocycles. The summed E-state index contributed by atoms with van der Waals surface area (Å²) in [5, 5.41) is 0. The summed E-state index contributed by atoms with van der Waals surface area (Å²) in [6.45, 7) is 0. The van der Waals surface area contributed by atoms with Gasteiger partial charge in [-0.1, -0.05) is 6.08 Å². The zero-order chi connectivity index (χ0) is 19.8. The van der Waals surface area contributed by atoms with E-state index in [0.717, 1.165) is 34.3 Å². The molecule has 0 N–H and O–H groups in total. The highest BCUT2D eigenvalue weighted by Gasteiger charge is 2.31. The number of guanidine groups is 1. The molecule has 0 bridgehead atoms. The predicted molar refractivity (Wildman–Crippen MR) is 113 cm³/mol. The van der Waals surface area contributed by atoms with Crippen LogP contribution in [0.5, 0.6) is 11.5 Å². The summed E-state index contributed by atoms with van der Waals surface area (Å²) >= 11 is 0. The van der Waals surface area contributed by atoms with Crippen LogP contribution in [0.3, 0.4) is 0 Å². The second kappa shape index (κ2) is 6.87. The monoisotopic (exact) mass is 383 g/mol. The van der Waals surface area contributed by atoms with Crippen molar-refractivity contribution in [3.05, 3.63) is 83.7 Å². The maximum Gasteiger partial charge on any atom is 0.241 e. The Bertz CT molecular complexity index is 1110. The molecule has 5 rings (SSSR count). The molecule has 0 amide bonds. The second-order valence-electron chi connectivity index (χ2n) is 6.43. The molecule has 7 heteroatoms. The summed E-state index contributed by atoms with van der Waals surface area (Å²) in [7, 11) is 3.28. The number of rotatable bonds is 4. The molecule has 29 heavy (non-hydrogen) atoms. The van der Waals surface area contributed by atoms with Gasteiger partial charge < -0.3 is 9.47 Å². The van der Waals surface area contributed by atoms with Crippen LogP contribution in [0.1, 0.15) is 11.1 Å². The molecule has 0 saturated carbocycles. The maximum absolute atomic E-state index is 5.24. The molecule has 142 valence electrons. The van der Waals surface area contributed by atoms with Crippen LogP contribution in [-0.4, -0.2) is 42.6 Å². The molecule has 7 nitrogen and oxygen atoms in total. The van der Waals surface area contributed by atoms with Crippen LogP contribution in [-0.2, 0) is 0 Å². The first-order valence-corrected chi connectivity index (χ1v) is 9.07. The van der Waals surface area contributed by atoms with Crippen molar-refractivity contribution in [3.63, 3.8) is 0 Å². The van der Waals surface area contributed by atoms with Crippen molar-refractivity contribution in [1.29, 1.82) is 0 Å². The van der Waals surface area contributed by atoms with Crippen LogP contribution in [0.25, 0.3) is 0 Å². The predicted octanol–water partition coefficient (Wildman–Crippen LogP) is 3.39. The van der Waals surface area contributed by atoms with E-state index in [1.165, 1.54) is 0 Å². The zero-order valence-corrected chi connectivity index (χ0v) is 15.9. The summed E-state index contributed by atoms with van der Waals surface area (Å²) in [5.74, 6) is 4.77. The molecule has 0 aromatic heterocycles. The Morgan fingerprint density at radius 3 is 1.86 bits per heavy atom. The van der Waals surface area contributed by atoms with Crippen molar-refractivity contribution in [2.45, 2.75) is 0 Å². The number of hydrogen-bond acceptors (Lipinski definition) is 7. The number of benzene rings is 2. The maximum atomic E-state index is 5.24. The Hall–Kier alpha value is -4.00. The molecule has 2 aromatic rings. The minimum absolute atomic E-state index is 0.539. The van der Waals surface area contributed by atoms with Gasteiger partial charge >= 0.3 is 0 Å². The quantitative estimate of drug-likeness (QED) is 0.812. The van der Waals surface area contributed by atoms with Crippen molar-refractivity contribution in [2.75, 3.05) is 14.2 Å². The van der Waals surface area contributed by atoms with Crippen molar-refractivity contribution < 1.29 is 9.47 Å². The van der Waals surface area contributed by atoms with E-state index in [9.17, 15) is 0 Å². The molecular weight excluding hydrogens is 366 g/mol. The Labute approximate surface area is 167 Å². The van der Waals surface area contributed by atoms with Gasteiger partial charge in [-0.25, -0.2) is 14.9 Å². The third kappa shape index (κ3) is 3.02. The summed E-state index contributed by atoms with van der Waals surface area (Å²) in [6, 6.07) is 15.3. The molecule has 0 fully saturated rings. The SMILES string of the molecule is COc1ccc(C2=NC3=CC=CC4=NC(c5ccc(OC)cc5)=NC(=N2)N34)cc1. The van der Waals surface area contributed by atoms with Crippen LogP contribution >= 0.6 is 0 Å². The summed E-state index contributed by atoms with van der Waals surface area (Å²) in [5.41, 5.74) is 1.78. The first-order valence-electron chi connectivity index (χ1n) is 9.07. The van der Waals surface area contributed by atoms with Crippen LogP contribution in [0.15, 0.2) is 92.5 Å². The molecule has 2 aromatic carbocycles. The van der Waals surface area contributed by atoms with E-state index in [1.807, 2.05) is 71.7 Å². The minimum Gasteiger partial charge on any atom is -0.497 e. The topological polar surface area (TPSA) is 71.1 Å². The average molecular weight is 383 g/mol. The highest BCUT2D eigenvalue weighted by Crippen LogP contribution is 2.26. The standard InChI is InChI=1S/C22H17N5O2/c1-28-16-10-6-14(7-11-16)20-23-18-4-3-5-19-24-21(26-22(25-20)27(18)19)15-8-12-17(29-2)13-9-15/h3-13H,1-2H3. The zero-order valence-electron chi connectivity index (χ0n) is 15.9. The first-order chi connectivity index (χ1) is 14.2. The van der Waals surface area contributed by atoms with Crippen molar-refractivity contribution in [2.24, 2.45) is 20.0 Å². The van der Waals surface area contributed by atoms with Gasteiger partial charge in [0.15, 0.2) is 11.7 Å². The van der Waals surface area contributed by atoms with Crippen molar-refractivity contribution in [1.82, 2.24) is 4.90 Å². The molecule has 3 aliphatic rings. The lowest BCUT2D eigenvalue weighted by Gasteiger charge is -2.31. The van der Waals surface area contributed by atoms with E-state index in [2.05, 4.69) is 9.98 Å². The number of aliphatic imine (C=N–C) groups is 4. The highest BCUT2D eigenvalue weighted by atomic mass is 16.5. The molecular formula is C22H17N5O2. The van der Waals surface area contributed by atoms with E-state index in [1.54, 1.807) is 14.2 Å². The lowest BCUT2D eigenvalue weighted by molar-refractivity contribution is 0.414. The highest BCUT2D eigenvalue weighted by molar-refractivity contribution is 6.25. The number of amidine groups is 3. The number of ether oxygens (including phenoxy) is 2. The second-order valence-corrected chi connectivity index (χ2v) is 6.43. The van der Waals surface area contributed by atoms with Crippen molar-refractivity contribution >= 4 is 23.5 Å². The van der Waals surface area contributed by atoms with Gasteiger partial charge in [-0.15, -0.1) is 0 Å². The van der Waals surface area contributed by atoms with Crippen LogP contribution in [0.4, 0.5) is 0 Å². The van der Waals surface area contributed by atoms with E-state index in [-0.39, 0.29) is 0 Å². The lowest BCUT2D eigenvalue weighted by Crippen LogP contribution is -2.41. The summed E-state index contributed by atoms with van der Waals surface area (Å²) in [4.78, 5) is 20.6. The van der Waals surface area contributed by atoms with E-state index >= 15 is 0 Å². The Morgan fingerprint density at radius 2 is 1.28 bits per heavy atom. The third-order valence-corrected chi connectivity index (χ3v) is 4.70. The molecule has 0 atom stereocenters. The van der Waals surface area contributed by atoms with Gasteiger partial charge in [-0.3, -0.25) is 0 Å². The average Bonchev–Trinajstić information content (AvgIpc) is 2.79. The lowest BCUT2D eigenvalue weighted by atomic mass is 10.1. The van der Waals surface area contributed by atoms with E-state index < -0.39 is 0 Å². The Balaban J connectivity index is 1.58. The normalized spacial score (nSPS) is 16.8. The Morgan fingerprint density at radius 1 is 0.690 bits per heavy atom. The molecule has 0 unspecified atom stereocenters. The van der Waals surface area contributed by atoms with Crippen LogP contribution in [0, 0.1) is 0 Å². The number of methoxy groups -OCH3 is 2. The van der Waals surface area contributed by atoms with Gasteiger partial charge in [-0.05, 0) is 60.7 Å². The number of allylic oxidation sites excluding steroid dienone is 2. The minimum atomic E-state index is 0.539. The van der Waals surface area contributed by atoms with Gasteiger partial charge in [0.1, 0.15) is 23.2 Å². The van der Waals surface area contributed by atoms with Gasteiger partial charge in [0, 0.05) is 11.1 Å². The fraction of sp³-hybridized carbons (Fsp3) is 0.0909. The summed E-state index contributed by atoms with van der Waals surface area (Å²) in [6.07, 6.45) is 5.77. The van der Waals surface area contributed by atoms with Gasteiger partial charge in [0.05, 0.1) is 14.2 Å². The fourth-order valence-corrected chi connectivity index (χ4v) is 3.19. The largest absolute Gasteiger partial charge is 0.497 e. The van der Waals surface area contributed by atoms with E-state index in [0.29, 0.717) is 17.6 Å². The van der Waals surface area contributed by atoms with Gasteiger partial charge in [0.2, 0.25) is 5.96 Å².